The third-order valence-corrected chi connectivity index (χ3v) is 4.25. The molecule has 1 fully saturated rings. The predicted octanol–water partition coefficient (Wildman–Crippen LogP) is 1.86. The van der Waals surface area contributed by atoms with Gasteiger partial charge >= 0.3 is 0 Å². The van der Waals surface area contributed by atoms with Crippen LogP contribution in [0.1, 0.15) is 49.4 Å². The molecule has 5 nitrogen and oxygen atoms in total. The summed E-state index contributed by atoms with van der Waals surface area (Å²) in [5.74, 6) is 0.129. The fourth-order valence-corrected chi connectivity index (χ4v) is 3.00. The number of hydrogen-bond acceptors (Lipinski definition) is 3. The first-order valence-electron chi connectivity index (χ1n) is 8.35. The van der Waals surface area contributed by atoms with Crippen molar-refractivity contribution >= 4 is 11.8 Å². The van der Waals surface area contributed by atoms with Gasteiger partial charge in [-0.2, -0.15) is 0 Å². The molecular weight excluding hydrogens is 292 g/mol. The lowest BCUT2D eigenvalue weighted by atomic mass is 9.87. The lowest BCUT2D eigenvalue weighted by molar-refractivity contribution is -0.121. The summed E-state index contributed by atoms with van der Waals surface area (Å²) in [4.78, 5) is 24.0. The molecule has 0 aliphatic heterocycles. The van der Waals surface area contributed by atoms with E-state index in [0.717, 1.165) is 25.7 Å². The minimum atomic E-state index is -0.227. The van der Waals surface area contributed by atoms with Gasteiger partial charge in [0.25, 0.3) is 5.91 Å². The molecule has 5 heteroatoms. The van der Waals surface area contributed by atoms with E-state index in [-0.39, 0.29) is 30.4 Å². The standard InChI is InChI=1S/C18H26N2O3/c1-13(20-18(23)15-7-3-2-4-8-15)10-17(22)19-12-14-6-5-9-16(21)11-14/h2-4,7-8,13-14,16,21H,5-6,9-12H2,1H3,(H,19,22)(H,20,23). The largest absolute Gasteiger partial charge is 0.393 e. The van der Waals surface area contributed by atoms with Crippen LogP contribution >= 0.6 is 0 Å². The predicted molar refractivity (Wildman–Crippen MR) is 89.0 cm³/mol. The Balaban J connectivity index is 1.69. The van der Waals surface area contributed by atoms with E-state index in [2.05, 4.69) is 10.6 Å². The molecule has 0 bridgehead atoms. The third-order valence-electron chi connectivity index (χ3n) is 4.25. The summed E-state index contributed by atoms with van der Waals surface area (Å²) in [6.45, 7) is 2.43. The monoisotopic (exact) mass is 318 g/mol. The van der Waals surface area contributed by atoms with Crippen molar-refractivity contribution in [3.63, 3.8) is 0 Å². The van der Waals surface area contributed by atoms with Gasteiger partial charge in [0, 0.05) is 24.6 Å². The highest BCUT2D eigenvalue weighted by atomic mass is 16.3. The minimum Gasteiger partial charge on any atom is -0.393 e. The number of carbonyl (C=O) groups excluding carboxylic acids is 2. The highest BCUT2D eigenvalue weighted by Crippen LogP contribution is 2.23. The highest BCUT2D eigenvalue weighted by Gasteiger charge is 2.21. The molecule has 23 heavy (non-hydrogen) atoms. The van der Waals surface area contributed by atoms with Crippen LogP contribution in [0.3, 0.4) is 0 Å². The maximum Gasteiger partial charge on any atom is 0.251 e. The van der Waals surface area contributed by atoms with Crippen LogP contribution in [-0.4, -0.2) is 35.6 Å². The molecule has 126 valence electrons. The zero-order chi connectivity index (χ0) is 16.7. The van der Waals surface area contributed by atoms with Crippen molar-refractivity contribution in [1.82, 2.24) is 10.6 Å². The number of benzene rings is 1. The van der Waals surface area contributed by atoms with Gasteiger partial charge in [0.1, 0.15) is 0 Å². The zero-order valence-electron chi connectivity index (χ0n) is 13.6. The van der Waals surface area contributed by atoms with Gasteiger partial charge < -0.3 is 15.7 Å². The second-order valence-corrected chi connectivity index (χ2v) is 6.44. The average molecular weight is 318 g/mol. The summed E-state index contributed by atoms with van der Waals surface area (Å²) in [6, 6.07) is 8.75. The zero-order valence-corrected chi connectivity index (χ0v) is 13.6. The number of nitrogens with one attached hydrogen (secondary N) is 2. The Bertz CT molecular complexity index is 518. The summed E-state index contributed by atoms with van der Waals surface area (Å²) in [7, 11) is 0. The first-order chi connectivity index (χ1) is 11.0. The van der Waals surface area contributed by atoms with Crippen molar-refractivity contribution in [1.29, 1.82) is 0 Å². The number of hydrogen-bond donors (Lipinski definition) is 3. The van der Waals surface area contributed by atoms with Crippen LogP contribution in [-0.2, 0) is 4.79 Å². The van der Waals surface area contributed by atoms with Crippen LogP contribution in [0.25, 0.3) is 0 Å². The highest BCUT2D eigenvalue weighted by molar-refractivity contribution is 5.94. The van der Waals surface area contributed by atoms with Crippen LogP contribution in [0.5, 0.6) is 0 Å². The fourth-order valence-electron chi connectivity index (χ4n) is 3.00. The van der Waals surface area contributed by atoms with Crippen LogP contribution in [0.2, 0.25) is 0 Å². The van der Waals surface area contributed by atoms with E-state index in [9.17, 15) is 14.7 Å². The summed E-state index contributed by atoms with van der Waals surface area (Å²) < 4.78 is 0. The van der Waals surface area contributed by atoms with Gasteiger partial charge in [0.2, 0.25) is 5.91 Å². The Kier molecular flexibility index (Phi) is 6.59. The lowest BCUT2D eigenvalue weighted by Crippen LogP contribution is -2.39. The van der Waals surface area contributed by atoms with Gasteiger partial charge in [0.05, 0.1) is 6.10 Å². The molecule has 1 aromatic rings. The van der Waals surface area contributed by atoms with Crippen molar-refractivity contribution in [2.45, 2.75) is 51.2 Å². The Morgan fingerprint density at radius 1 is 1.26 bits per heavy atom. The molecule has 1 saturated carbocycles. The van der Waals surface area contributed by atoms with Gasteiger partial charge in [0.15, 0.2) is 0 Å². The normalized spacial score (nSPS) is 22.2. The van der Waals surface area contributed by atoms with Crippen molar-refractivity contribution < 1.29 is 14.7 Å². The second-order valence-electron chi connectivity index (χ2n) is 6.44. The van der Waals surface area contributed by atoms with Gasteiger partial charge in [-0.1, -0.05) is 24.6 Å². The number of amides is 2. The Labute approximate surface area is 137 Å². The molecule has 1 aliphatic rings. The molecule has 2 rings (SSSR count). The molecular formula is C18H26N2O3. The fraction of sp³-hybridized carbons (Fsp3) is 0.556. The Hall–Kier alpha value is -1.88. The second kappa shape index (κ2) is 8.67. The van der Waals surface area contributed by atoms with Crippen LogP contribution in [0, 0.1) is 5.92 Å². The van der Waals surface area contributed by atoms with Gasteiger partial charge in [-0.05, 0) is 44.2 Å². The molecule has 3 N–H and O–H groups in total. The molecule has 3 atom stereocenters. The molecule has 0 saturated heterocycles. The van der Waals surface area contributed by atoms with Crippen LogP contribution in [0.4, 0.5) is 0 Å². The first kappa shape index (κ1) is 17.5. The third kappa shape index (κ3) is 6.02. The smallest absolute Gasteiger partial charge is 0.251 e. The maximum absolute atomic E-state index is 12.0. The summed E-state index contributed by atoms with van der Waals surface area (Å²) in [6.07, 6.45) is 3.74. The lowest BCUT2D eigenvalue weighted by Gasteiger charge is -2.26. The molecule has 1 aromatic carbocycles. The van der Waals surface area contributed by atoms with E-state index < -0.39 is 0 Å². The first-order valence-corrected chi connectivity index (χ1v) is 8.35. The minimum absolute atomic E-state index is 0.0640. The van der Waals surface area contributed by atoms with E-state index >= 15 is 0 Å². The van der Waals surface area contributed by atoms with Gasteiger partial charge in [-0.3, -0.25) is 9.59 Å². The Morgan fingerprint density at radius 3 is 2.70 bits per heavy atom. The average Bonchev–Trinajstić information content (AvgIpc) is 2.53. The number of aliphatic hydroxyl groups excluding tert-OH is 1. The molecule has 0 heterocycles. The quantitative estimate of drug-likeness (QED) is 0.749. The molecule has 1 aliphatic carbocycles. The van der Waals surface area contributed by atoms with Crippen LogP contribution in [0.15, 0.2) is 30.3 Å². The number of carbonyl (C=O) groups is 2. The molecule has 0 spiro atoms. The Morgan fingerprint density at radius 2 is 2.00 bits per heavy atom. The van der Waals surface area contributed by atoms with Crippen molar-refractivity contribution in [2.24, 2.45) is 5.92 Å². The topological polar surface area (TPSA) is 78.4 Å². The van der Waals surface area contributed by atoms with E-state index in [4.69, 9.17) is 0 Å². The van der Waals surface area contributed by atoms with Crippen LogP contribution < -0.4 is 10.6 Å². The summed E-state index contributed by atoms with van der Waals surface area (Å²) >= 11 is 0. The number of aliphatic hydroxyl groups is 1. The van der Waals surface area contributed by atoms with Gasteiger partial charge in [-0.25, -0.2) is 0 Å². The van der Waals surface area contributed by atoms with Gasteiger partial charge in [-0.15, -0.1) is 0 Å². The van der Waals surface area contributed by atoms with E-state index in [1.54, 1.807) is 12.1 Å². The maximum atomic E-state index is 12.0. The molecule has 0 radical (unpaired) electrons. The molecule has 2 amide bonds. The summed E-state index contributed by atoms with van der Waals surface area (Å²) in [5, 5.41) is 15.4. The van der Waals surface area contributed by atoms with E-state index in [0.29, 0.717) is 18.0 Å². The van der Waals surface area contributed by atoms with Crippen molar-refractivity contribution in [2.75, 3.05) is 6.54 Å². The molecule has 3 unspecified atom stereocenters. The van der Waals surface area contributed by atoms with E-state index in [1.807, 2.05) is 25.1 Å². The number of rotatable bonds is 6. The molecule has 0 aromatic heterocycles. The van der Waals surface area contributed by atoms with Crippen molar-refractivity contribution in [3.05, 3.63) is 35.9 Å². The van der Waals surface area contributed by atoms with Crippen molar-refractivity contribution in [3.8, 4) is 0 Å². The summed E-state index contributed by atoms with van der Waals surface area (Å²) in [5.41, 5.74) is 0.593. The SMILES string of the molecule is CC(CC(=O)NCC1CCCC(O)C1)NC(=O)c1ccccc1. The van der Waals surface area contributed by atoms with E-state index in [1.165, 1.54) is 0 Å².